The smallest absolute Gasteiger partial charge is 0.323 e. The van der Waals surface area contributed by atoms with Gasteiger partial charge < -0.3 is 9.63 Å². The Hall–Kier alpha value is -0.380. The molecular weight excluding hydrogens is 217 g/mol. The molecule has 2 N–H and O–H groups in total. The average molecular weight is 235 g/mol. The van der Waals surface area contributed by atoms with Gasteiger partial charge in [0.15, 0.2) is 0 Å². The standard InChI is InChI=1S/C9H18NO4P/c1-7(10-15(12)13)9(11)14-8-5-3-2-4-6-8/h7-8,15H,2-6H2,1H3,(H2,10,12,13)/t7-/m0/s1. The first-order valence-electron chi connectivity index (χ1n) is 5.29. The molecule has 88 valence electrons. The fourth-order valence-electron chi connectivity index (χ4n) is 1.69. The minimum Gasteiger partial charge on any atom is -0.461 e. The highest BCUT2D eigenvalue weighted by Gasteiger charge is 2.21. The predicted octanol–water partition coefficient (Wildman–Crippen LogP) is 1.22. The maximum absolute atomic E-state index is 11.4. The zero-order valence-electron chi connectivity index (χ0n) is 8.86. The van der Waals surface area contributed by atoms with Crippen molar-refractivity contribution in [3.63, 3.8) is 0 Å². The minimum absolute atomic E-state index is 0.00322. The number of hydrogen-bond donors (Lipinski definition) is 2. The lowest BCUT2D eigenvalue weighted by molar-refractivity contribution is -0.152. The Kier molecular flexibility index (Phi) is 5.29. The van der Waals surface area contributed by atoms with E-state index in [4.69, 9.17) is 9.63 Å². The van der Waals surface area contributed by atoms with Gasteiger partial charge in [-0.3, -0.25) is 9.36 Å². The first-order valence-corrected chi connectivity index (χ1v) is 6.65. The number of hydrogen-bond acceptors (Lipinski definition) is 3. The summed E-state index contributed by atoms with van der Waals surface area (Å²) in [6.07, 6.45) is 5.20. The van der Waals surface area contributed by atoms with Crippen LogP contribution in [0.25, 0.3) is 0 Å². The second kappa shape index (κ2) is 6.26. The van der Waals surface area contributed by atoms with Crippen molar-refractivity contribution in [2.45, 2.75) is 51.2 Å². The van der Waals surface area contributed by atoms with Crippen LogP contribution < -0.4 is 5.09 Å². The van der Waals surface area contributed by atoms with Gasteiger partial charge >= 0.3 is 5.97 Å². The summed E-state index contributed by atoms with van der Waals surface area (Å²) in [5.74, 6) is -0.436. The molecule has 0 aromatic carbocycles. The quantitative estimate of drug-likeness (QED) is 0.566. The fourth-order valence-corrected chi connectivity index (χ4v) is 2.18. The summed E-state index contributed by atoms with van der Waals surface area (Å²) in [7, 11) is -2.82. The molecule has 0 spiro atoms. The van der Waals surface area contributed by atoms with E-state index in [0.29, 0.717) is 0 Å². The molecule has 0 aliphatic heterocycles. The van der Waals surface area contributed by atoms with Crippen LogP contribution in [0.3, 0.4) is 0 Å². The van der Waals surface area contributed by atoms with E-state index in [1.807, 2.05) is 0 Å². The highest BCUT2D eigenvalue weighted by atomic mass is 31.1. The van der Waals surface area contributed by atoms with Crippen molar-refractivity contribution in [2.24, 2.45) is 0 Å². The molecule has 0 bridgehead atoms. The van der Waals surface area contributed by atoms with E-state index in [-0.39, 0.29) is 6.10 Å². The number of esters is 1. The van der Waals surface area contributed by atoms with Gasteiger partial charge in [0.25, 0.3) is 8.18 Å². The van der Waals surface area contributed by atoms with Crippen LogP contribution in [0.2, 0.25) is 0 Å². The lowest BCUT2D eigenvalue weighted by atomic mass is 9.98. The predicted molar refractivity (Wildman–Crippen MR) is 56.8 cm³/mol. The summed E-state index contributed by atoms with van der Waals surface area (Å²) >= 11 is 0. The van der Waals surface area contributed by atoms with Crippen molar-refractivity contribution in [1.82, 2.24) is 5.09 Å². The fraction of sp³-hybridized carbons (Fsp3) is 0.889. The molecule has 1 aliphatic carbocycles. The summed E-state index contributed by atoms with van der Waals surface area (Å²) in [6.45, 7) is 1.53. The van der Waals surface area contributed by atoms with Crippen molar-refractivity contribution in [3.8, 4) is 0 Å². The van der Waals surface area contributed by atoms with Crippen molar-refractivity contribution >= 4 is 14.1 Å². The summed E-state index contributed by atoms with van der Waals surface area (Å²) in [6, 6.07) is -0.705. The molecule has 1 saturated carbocycles. The van der Waals surface area contributed by atoms with E-state index in [9.17, 15) is 9.36 Å². The van der Waals surface area contributed by atoms with Gasteiger partial charge in [0.05, 0.1) is 0 Å². The number of nitrogens with one attached hydrogen (secondary N) is 1. The van der Waals surface area contributed by atoms with Crippen LogP contribution >= 0.6 is 8.18 Å². The summed E-state index contributed by atoms with van der Waals surface area (Å²) in [4.78, 5) is 20.0. The average Bonchev–Trinajstić information content (AvgIpc) is 2.18. The SMILES string of the molecule is C[C@H](N[PH](=O)O)C(=O)OC1CCCCC1. The molecule has 2 atom stereocenters. The molecule has 0 heterocycles. The molecule has 0 aromatic rings. The first kappa shape index (κ1) is 12.7. The topological polar surface area (TPSA) is 75.6 Å². The van der Waals surface area contributed by atoms with Gasteiger partial charge in [-0.05, 0) is 32.6 Å². The van der Waals surface area contributed by atoms with Gasteiger partial charge in [-0.25, -0.2) is 5.09 Å². The molecule has 1 aliphatic rings. The van der Waals surface area contributed by atoms with Gasteiger partial charge in [-0.1, -0.05) is 6.42 Å². The van der Waals surface area contributed by atoms with Crippen LogP contribution in [0.15, 0.2) is 0 Å². The Morgan fingerprint density at radius 2 is 2.07 bits per heavy atom. The number of ether oxygens (including phenoxy) is 1. The molecule has 0 radical (unpaired) electrons. The molecule has 1 rings (SSSR count). The van der Waals surface area contributed by atoms with Crippen LogP contribution in [0, 0.1) is 0 Å². The molecule has 0 aromatic heterocycles. The van der Waals surface area contributed by atoms with E-state index in [2.05, 4.69) is 5.09 Å². The Morgan fingerprint density at radius 1 is 1.47 bits per heavy atom. The zero-order valence-corrected chi connectivity index (χ0v) is 9.86. The van der Waals surface area contributed by atoms with Gasteiger partial charge in [-0.15, -0.1) is 0 Å². The van der Waals surface area contributed by atoms with E-state index < -0.39 is 20.2 Å². The van der Waals surface area contributed by atoms with Crippen LogP contribution in [-0.2, 0) is 14.1 Å². The third kappa shape index (κ3) is 4.78. The van der Waals surface area contributed by atoms with Crippen molar-refractivity contribution in [1.29, 1.82) is 0 Å². The van der Waals surface area contributed by atoms with Crippen molar-refractivity contribution in [2.75, 3.05) is 0 Å². The Labute approximate surface area is 90.1 Å². The highest BCUT2D eigenvalue weighted by molar-refractivity contribution is 7.35. The lowest BCUT2D eigenvalue weighted by Gasteiger charge is -2.23. The minimum atomic E-state index is -2.82. The molecule has 15 heavy (non-hydrogen) atoms. The maximum Gasteiger partial charge on any atom is 0.323 e. The summed E-state index contributed by atoms with van der Waals surface area (Å²) in [5, 5.41) is 2.26. The molecule has 0 saturated heterocycles. The van der Waals surface area contributed by atoms with Gasteiger partial charge in [0.1, 0.15) is 12.1 Å². The summed E-state index contributed by atoms with van der Waals surface area (Å²) < 4.78 is 15.7. The molecule has 0 amide bonds. The number of carbonyl (C=O) groups is 1. The molecular formula is C9H18NO4P. The van der Waals surface area contributed by atoms with E-state index >= 15 is 0 Å². The Balaban J connectivity index is 2.30. The number of rotatable bonds is 4. The van der Waals surface area contributed by atoms with Crippen molar-refractivity contribution < 1.29 is 19.0 Å². The van der Waals surface area contributed by atoms with Gasteiger partial charge in [0, 0.05) is 0 Å². The second-order valence-corrected chi connectivity index (χ2v) is 4.77. The van der Waals surface area contributed by atoms with Crippen LogP contribution in [-0.4, -0.2) is 23.0 Å². The monoisotopic (exact) mass is 235 g/mol. The van der Waals surface area contributed by atoms with E-state index in [1.54, 1.807) is 0 Å². The highest BCUT2D eigenvalue weighted by Crippen LogP contribution is 2.21. The van der Waals surface area contributed by atoms with Gasteiger partial charge in [0.2, 0.25) is 0 Å². The Morgan fingerprint density at radius 3 is 2.60 bits per heavy atom. The molecule has 6 heteroatoms. The molecule has 5 nitrogen and oxygen atoms in total. The third-order valence-electron chi connectivity index (χ3n) is 2.53. The maximum atomic E-state index is 11.4. The van der Waals surface area contributed by atoms with Crippen LogP contribution in [0.1, 0.15) is 39.0 Å². The largest absolute Gasteiger partial charge is 0.461 e. The summed E-state index contributed by atoms with van der Waals surface area (Å²) in [5.41, 5.74) is 0. The zero-order chi connectivity index (χ0) is 11.3. The molecule has 1 fully saturated rings. The Bertz CT molecular complexity index is 240. The number of carbonyl (C=O) groups excluding carboxylic acids is 1. The van der Waals surface area contributed by atoms with Crippen molar-refractivity contribution in [3.05, 3.63) is 0 Å². The van der Waals surface area contributed by atoms with Crippen LogP contribution in [0.4, 0.5) is 0 Å². The van der Waals surface area contributed by atoms with E-state index in [1.165, 1.54) is 13.3 Å². The normalized spacial score (nSPS) is 22.0. The molecule has 1 unspecified atom stereocenters. The lowest BCUT2D eigenvalue weighted by Crippen LogP contribution is -2.34. The third-order valence-corrected chi connectivity index (χ3v) is 3.21. The van der Waals surface area contributed by atoms with E-state index in [0.717, 1.165) is 25.7 Å². The first-order chi connectivity index (χ1) is 7.09. The van der Waals surface area contributed by atoms with Crippen LogP contribution in [0.5, 0.6) is 0 Å². The van der Waals surface area contributed by atoms with Gasteiger partial charge in [-0.2, -0.15) is 0 Å². The second-order valence-electron chi connectivity index (χ2n) is 3.87.